The Morgan fingerprint density at radius 3 is 2.50 bits per heavy atom. The van der Waals surface area contributed by atoms with Gasteiger partial charge in [0.2, 0.25) is 0 Å². The molecule has 1 aromatic rings. The van der Waals surface area contributed by atoms with Crippen LogP contribution in [0.5, 0.6) is 0 Å². The molecule has 0 unspecified atom stereocenters. The molecule has 0 aromatic carbocycles. The number of halogens is 4. The smallest absolute Gasteiger partial charge is 0.324 e. The van der Waals surface area contributed by atoms with E-state index in [0.717, 1.165) is 18.5 Å². The zero-order chi connectivity index (χ0) is 10.8. The number of nitrogens with two attached hydrogens (primary N) is 1. The van der Waals surface area contributed by atoms with E-state index in [1.807, 2.05) is 0 Å². The van der Waals surface area contributed by atoms with E-state index >= 15 is 0 Å². The summed E-state index contributed by atoms with van der Waals surface area (Å²) in [5.41, 5.74) is 5.27. The first-order valence-corrected chi connectivity index (χ1v) is 3.81. The fourth-order valence-corrected chi connectivity index (χ4v) is 0.998. The van der Waals surface area contributed by atoms with Gasteiger partial charge in [-0.15, -0.1) is 0 Å². The third-order valence-electron chi connectivity index (χ3n) is 1.61. The third-order valence-corrected chi connectivity index (χ3v) is 1.61. The SMILES string of the molecule is N[C@H](CC(F)(F)F)c1cncc(F)c1. The van der Waals surface area contributed by atoms with Crippen LogP contribution in [0.25, 0.3) is 0 Å². The van der Waals surface area contributed by atoms with Crippen molar-refractivity contribution in [2.45, 2.75) is 18.6 Å². The van der Waals surface area contributed by atoms with Gasteiger partial charge < -0.3 is 5.73 Å². The van der Waals surface area contributed by atoms with Crippen LogP contribution in [0.1, 0.15) is 18.0 Å². The van der Waals surface area contributed by atoms with E-state index in [0.29, 0.717) is 0 Å². The van der Waals surface area contributed by atoms with Crippen LogP contribution in [0.3, 0.4) is 0 Å². The Bertz CT molecular complexity index is 310. The van der Waals surface area contributed by atoms with Crippen LogP contribution in [0.4, 0.5) is 17.6 Å². The van der Waals surface area contributed by atoms with Crippen LogP contribution >= 0.6 is 0 Å². The molecule has 78 valence electrons. The minimum Gasteiger partial charge on any atom is -0.324 e. The van der Waals surface area contributed by atoms with Gasteiger partial charge in [-0.2, -0.15) is 13.2 Å². The topological polar surface area (TPSA) is 38.9 Å². The zero-order valence-electron chi connectivity index (χ0n) is 7.05. The van der Waals surface area contributed by atoms with Gasteiger partial charge in [-0.05, 0) is 11.6 Å². The van der Waals surface area contributed by atoms with Crippen LogP contribution in [-0.4, -0.2) is 11.2 Å². The molecule has 0 aliphatic carbocycles. The fraction of sp³-hybridized carbons (Fsp3) is 0.375. The molecule has 0 fully saturated rings. The molecule has 1 heterocycles. The van der Waals surface area contributed by atoms with E-state index in [4.69, 9.17) is 5.73 Å². The van der Waals surface area contributed by atoms with Gasteiger partial charge >= 0.3 is 6.18 Å². The Morgan fingerprint density at radius 2 is 2.00 bits per heavy atom. The minimum absolute atomic E-state index is 0.0438. The first-order valence-electron chi connectivity index (χ1n) is 3.81. The summed E-state index contributed by atoms with van der Waals surface area (Å²) >= 11 is 0. The molecule has 0 saturated heterocycles. The highest BCUT2D eigenvalue weighted by Gasteiger charge is 2.31. The largest absolute Gasteiger partial charge is 0.390 e. The molecule has 2 N–H and O–H groups in total. The Morgan fingerprint density at radius 1 is 1.36 bits per heavy atom. The van der Waals surface area contributed by atoms with Gasteiger partial charge in [-0.25, -0.2) is 4.39 Å². The van der Waals surface area contributed by atoms with Gasteiger partial charge in [0.1, 0.15) is 5.82 Å². The summed E-state index contributed by atoms with van der Waals surface area (Å²) in [4.78, 5) is 3.41. The van der Waals surface area contributed by atoms with Crippen LogP contribution in [-0.2, 0) is 0 Å². The molecular formula is C8H8F4N2. The Labute approximate surface area is 77.7 Å². The Balaban J connectivity index is 2.74. The van der Waals surface area contributed by atoms with E-state index in [-0.39, 0.29) is 5.56 Å². The number of rotatable bonds is 2. The molecule has 0 bridgehead atoms. The summed E-state index contributed by atoms with van der Waals surface area (Å²) in [6.45, 7) is 0. The van der Waals surface area contributed by atoms with Gasteiger partial charge in [-0.1, -0.05) is 0 Å². The molecule has 0 aliphatic heterocycles. The highest BCUT2D eigenvalue weighted by atomic mass is 19.4. The average Bonchev–Trinajstić information content (AvgIpc) is 2.01. The van der Waals surface area contributed by atoms with E-state index in [2.05, 4.69) is 4.98 Å². The van der Waals surface area contributed by atoms with Crippen molar-refractivity contribution >= 4 is 0 Å². The van der Waals surface area contributed by atoms with Crippen molar-refractivity contribution in [1.29, 1.82) is 0 Å². The van der Waals surface area contributed by atoms with Gasteiger partial charge in [0, 0.05) is 12.2 Å². The molecule has 0 amide bonds. The highest BCUT2D eigenvalue weighted by Crippen LogP contribution is 2.27. The van der Waals surface area contributed by atoms with Crippen molar-refractivity contribution in [3.63, 3.8) is 0 Å². The number of nitrogens with zero attached hydrogens (tertiary/aromatic N) is 1. The summed E-state index contributed by atoms with van der Waals surface area (Å²) in [6.07, 6.45) is -3.51. The fourth-order valence-electron chi connectivity index (χ4n) is 0.998. The molecule has 6 heteroatoms. The van der Waals surface area contributed by atoms with Crippen molar-refractivity contribution in [1.82, 2.24) is 4.98 Å². The van der Waals surface area contributed by atoms with Crippen molar-refractivity contribution in [2.75, 3.05) is 0 Å². The maximum absolute atomic E-state index is 12.6. The molecule has 0 spiro atoms. The second kappa shape index (κ2) is 3.91. The lowest BCUT2D eigenvalue weighted by molar-refractivity contribution is -0.138. The number of pyridine rings is 1. The number of alkyl halides is 3. The van der Waals surface area contributed by atoms with E-state index in [9.17, 15) is 17.6 Å². The number of hydrogen-bond acceptors (Lipinski definition) is 2. The number of hydrogen-bond donors (Lipinski definition) is 1. The minimum atomic E-state index is -4.36. The number of aromatic nitrogens is 1. The Kier molecular flexibility index (Phi) is 3.05. The quantitative estimate of drug-likeness (QED) is 0.756. The molecule has 1 aromatic heterocycles. The van der Waals surface area contributed by atoms with Crippen LogP contribution in [0, 0.1) is 5.82 Å². The maximum Gasteiger partial charge on any atom is 0.390 e. The van der Waals surface area contributed by atoms with Crippen molar-refractivity contribution in [3.05, 3.63) is 29.8 Å². The first-order chi connectivity index (χ1) is 6.38. The van der Waals surface area contributed by atoms with Crippen LogP contribution in [0.15, 0.2) is 18.5 Å². The molecular weight excluding hydrogens is 200 g/mol. The average molecular weight is 208 g/mol. The van der Waals surface area contributed by atoms with Crippen molar-refractivity contribution in [2.24, 2.45) is 5.73 Å². The van der Waals surface area contributed by atoms with Gasteiger partial charge in [0.15, 0.2) is 0 Å². The Hall–Kier alpha value is -1.17. The predicted molar refractivity (Wildman–Crippen MR) is 41.8 cm³/mol. The molecule has 0 saturated carbocycles. The summed E-state index contributed by atoms with van der Waals surface area (Å²) in [6, 6.07) is -0.318. The molecule has 1 atom stereocenters. The van der Waals surface area contributed by atoms with Gasteiger partial charge in [0.25, 0.3) is 0 Å². The summed E-state index contributed by atoms with van der Waals surface area (Å²) in [5, 5.41) is 0. The predicted octanol–water partition coefficient (Wildman–Crippen LogP) is 2.17. The molecule has 0 aliphatic rings. The molecule has 14 heavy (non-hydrogen) atoms. The summed E-state index contributed by atoms with van der Waals surface area (Å²) in [7, 11) is 0. The van der Waals surface area contributed by atoms with Gasteiger partial charge in [-0.3, -0.25) is 4.98 Å². The lowest BCUT2D eigenvalue weighted by Crippen LogP contribution is -2.20. The van der Waals surface area contributed by atoms with E-state index in [1.54, 1.807) is 0 Å². The summed E-state index contributed by atoms with van der Waals surface area (Å²) in [5.74, 6) is -0.694. The first kappa shape index (κ1) is 10.9. The molecule has 2 nitrogen and oxygen atoms in total. The lowest BCUT2D eigenvalue weighted by Gasteiger charge is -2.13. The van der Waals surface area contributed by atoms with E-state index in [1.165, 1.54) is 0 Å². The van der Waals surface area contributed by atoms with E-state index < -0.39 is 24.5 Å². The maximum atomic E-state index is 12.6. The zero-order valence-corrected chi connectivity index (χ0v) is 7.05. The second-order valence-corrected chi connectivity index (χ2v) is 2.86. The third kappa shape index (κ3) is 3.29. The molecule has 0 radical (unpaired) electrons. The van der Waals surface area contributed by atoms with Crippen molar-refractivity contribution < 1.29 is 17.6 Å². The van der Waals surface area contributed by atoms with Crippen LogP contribution in [0.2, 0.25) is 0 Å². The normalized spacial score (nSPS) is 14.1. The van der Waals surface area contributed by atoms with Crippen molar-refractivity contribution in [3.8, 4) is 0 Å². The van der Waals surface area contributed by atoms with Crippen LogP contribution < -0.4 is 5.73 Å². The second-order valence-electron chi connectivity index (χ2n) is 2.86. The highest BCUT2D eigenvalue weighted by molar-refractivity contribution is 5.14. The lowest BCUT2D eigenvalue weighted by atomic mass is 10.1. The monoisotopic (exact) mass is 208 g/mol. The molecule has 1 rings (SSSR count). The standard InChI is InChI=1S/C8H8F4N2/c9-6-1-5(3-14-4-6)7(13)2-8(10,11)12/h1,3-4,7H,2,13H2/t7-/m1/s1. The van der Waals surface area contributed by atoms with Gasteiger partial charge in [0.05, 0.1) is 12.6 Å². The summed E-state index contributed by atoms with van der Waals surface area (Å²) < 4.78 is 48.3.